The number of aromatic carboxylic acids is 1. The molecular weight excluding hydrogens is 380 g/mol. The fourth-order valence-corrected chi connectivity index (χ4v) is 3.77. The molecule has 2 heterocycles. The summed E-state index contributed by atoms with van der Waals surface area (Å²) in [5.74, 6) is -0.439. The maximum Gasteiger partial charge on any atom is 0.410 e. The summed E-state index contributed by atoms with van der Waals surface area (Å²) in [4.78, 5) is 29.6. The second kappa shape index (κ2) is 9.28. The van der Waals surface area contributed by atoms with Gasteiger partial charge >= 0.3 is 12.1 Å². The third kappa shape index (κ3) is 6.05. The number of carbonyl (C=O) groups is 2. The Balaban J connectivity index is 1.62. The Morgan fingerprint density at radius 1 is 1.10 bits per heavy atom. The number of likely N-dealkylation sites (tertiary alicyclic amines) is 1. The van der Waals surface area contributed by atoms with E-state index in [1.54, 1.807) is 18.3 Å². The molecule has 0 spiro atoms. The minimum absolute atomic E-state index is 0.225. The molecule has 1 N–H and O–H groups in total. The summed E-state index contributed by atoms with van der Waals surface area (Å²) in [7, 11) is 0. The van der Waals surface area contributed by atoms with Crippen LogP contribution in [-0.4, -0.2) is 45.7 Å². The summed E-state index contributed by atoms with van der Waals surface area (Å²) >= 11 is 0. The molecule has 1 unspecified atom stereocenters. The van der Waals surface area contributed by atoms with Crippen molar-refractivity contribution in [2.45, 2.75) is 52.1 Å². The molecule has 0 bridgehead atoms. The minimum Gasteiger partial charge on any atom is -0.478 e. The van der Waals surface area contributed by atoms with Crippen LogP contribution >= 0.6 is 0 Å². The van der Waals surface area contributed by atoms with Gasteiger partial charge in [0.05, 0.1) is 5.56 Å². The van der Waals surface area contributed by atoms with Crippen LogP contribution in [0.15, 0.2) is 42.7 Å². The van der Waals surface area contributed by atoms with Crippen LogP contribution in [0.4, 0.5) is 4.79 Å². The molecule has 1 aromatic heterocycles. The Morgan fingerprint density at radius 3 is 2.50 bits per heavy atom. The number of amides is 1. The number of hydrogen-bond acceptors (Lipinski definition) is 4. The lowest BCUT2D eigenvalue weighted by Crippen LogP contribution is -2.37. The molecular formula is C24H30N2O4. The number of pyridine rings is 1. The van der Waals surface area contributed by atoms with Crippen molar-refractivity contribution in [2.75, 3.05) is 13.1 Å². The molecule has 6 nitrogen and oxygen atoms in total. The molecule has 3 rings (SSSR count). The van der Waals surface area contributed by atoms with Crippen molar-refractivity contribution in [3.05, 3.63) is 53.9 Å². The van der Waals surface area contributed by atoms with E-state index in [1.807, 2.05) is 44.0 Å². The lowest BCUT2D eigenvalue weighted by molar-refractivity contribution is 0.0255. The van der Waals surface area contributed by atoms with Gasteiger partial charge in [-0.3, -0.25) is 4.98 Å². The second-order valence-electron chi connectivity index (χ2n) is 8.93. The highest BCUT2D eigenvalue weighted by Crippen LogP contribution is 2.25. The molecule has 2 aromatic rings. The van der Waals surface area contributed by atoms with Crippen LogP contribution in [0.5, 0.6) is 0 Å². The molecule has 30 heavy (non-hydrogen) atoms. The van der Waals surface area contributed by atoms with Gasteiger partial charge in [0, 0.05) is 31.0 Å². The standard InChI is InChI=1S/C24H30N2O4/c1-24(2,3)30-23(29)26-11-4-5-17(10-12-26)13-18-14-21(16-25-15-18)19-6-8-20(9-7-19)22(27)28/h6-9,14-17H,4-5,10-13H2,1-3H3,(H,27,28). The molecule has 0 radical (unpaired) electrons. The normalized spacial score (nSPS) is 17.3. The van der Waals surface area contributed by atoms with Crippen molar-refractivity contribution in [2.24, 2.45) is 5.92 Å². The van der Waals surface area contributed by atoms with Gasteiger partial charge in [0.25, 0.3) is 0 Å². The van der Waals surface area contributed by atoms with E-state index in [0.717, 1.165) is 48.9 Å². The molecule has 0 saturated carbocycles. The van der Waals surface area contributed by atoms with Crippen LogP contribution in [0.1, 0.15) is 56.0 Å². The number of ether oxygens (including phenoxy) is 1. The largest absolute Gasteiger partial charge is 0.478 e. The lowest BCUT2D eigenvalue weighted by Gasteiger charge is -2.26. The predicted octanol–water partition coefficient (Wildman–Crippen LogP) is 5.03. The lowest BCUT2D eigenvalue weighted by atomic mass is 9.92. The number of benzene rings is 1. The molecule has 1 amide bonds. The number of carbonyl (C=O) groups excluding carboxylic acids is 1. The summed E-state index contributed by atoms with van der Waals surface area (Å²) in [5.41, 5.74) is 2.89. The Hall–Kier alpha value is -2.89. The maximum absolute atomic E-state index is 12.4. The zero-order chi connectivity index (χ0) is 21.7. The van der Waals surface area contributed by atoms with Crippen LogP contribution in [0.3, 0.4) is 0 Å². The first kappa shape index (κ1) is 21.8. The van der Waals surface area contributed by atoms with Gasteiger partial charge in [0.1, 0.15) is 5.60 Å². The Bertz CT molecular complexity index is 887. The zero-order valence-electron chi connectivity index (χ0n) is 17.9. The highest BCUT2D eigenvalue weighted by molar-refractivity contribution is 5.88. The third-order valence-corrected chi connectivity index (χ3v) is 5.28. The van der Waals surface area contributed by atoms with Crippen molar-refractivity contribution in [3.63, 3.8) is 0 Å². The van der Waals surface area contributed by atoms with Gasteiger partial charge < -0.3 is 14.7 Å². The summed E-state index contributed by atoms with van der Waals surface area (Å²) in [6.07, 6.45) is 7.36. The molecule has 1 aliphatic rings. The Morgan fingerprint density at radius 2 is 1.83 bits per heavy atom. The average Bonchev–Trinajstić information content (AvgIpc) is 2.93. The van der Waals surface area contributed by atoms with E-state index in [-0.39, 0.29) is 11.7 Å². The first-order valence-corrected chi connectivity index (χ1v) is 10.5. The molecule has 6 heteroatoms. The van der Waals surface area contributed by atoms with Crippen molar-refractivity contribution in [1.82, 2.24) is 9.88 Å². The van der Waals surface area contributed by atoms with Crippen molar-refractivity contribution >= 4 is 12.1 Å². The van der Waals surface area contributed by atoms with Gasteiger partial charge in [0.15, 0.2) is 0 Å². The first-order valence-electron chi connectivity index (χ1n) is 10.5. The van der Waals surface area contributed by atoms with Crippen molar-refractivity contribution < 1.29 is 19.4 Å². The number of hydrogen-bond donors (Lipinski definition) is 1. The number of rotatable bonds is 4. The number of carboxylic acids is 1. The third-order valence-electron chi connectivity index (χ3n) is 5.28. The Kier molecular flexibility index (Phi) is 6.75. The number of aromatic nitrogens is 1. The van der Waals surface area contributed by atoms with Gasteiger partial charge in [-0.25, -0.2) is 9.59 Å². The Labute approximate surface area is 177 Å². The molecule has 0 aliphatic carbocycles. The SMILES string of the molecule is CC(C)(C)OC(=O)N1CCCC(Cc2cncc(-c3ccc(C(=O)O)cc3)c2)CC1. The van der Waals surface area contributed by atoms with E-state index < -0.39 is 11.6 Å². The van der Waals surface area contributed by atoms with E-state index in [0.29, 0.717) is 12.5 Å². The summed E-state index contributed by atoms with van der Waals surface area (Å²) in [6.45, 7) is 7.12. The number of nitrogens with zero attached hydrogens (tertiary/aromatic N) is 2. The minimum atomic E-state index is -0.929. The maximum atomic E-state index is 12.4. The van der Waals surface area contributed by atoms with Crippen LogP contribution in [0.25, 0.3) is 11.1 Å². The van der Waals surface area contributed by atoms with E-state index in [2.05, 4.69) is 11.1 Å². The predicted molar refractivity (Wildman–Crippen MR) is 115 cm³/mol. The molecule has 1 fully saturated rings. The summed E-state index contributed by atoms with van der Waals surface area (Å²) < 4.78 is 5.51. The highest BCUT2D eigenvalue weighted by Gasteiger charge is 2.25. The quantitative estimate of drug-likeness (QED) is 0.765. The van der Waals surface area contributed by atoms with Crippen LogP contribution in [0.2, 0.25) is 0 Å². The second-order valence-corrected chi connectivity index (χ2v) is 8.93. The van der Waals surface area contributed by atoms with Gasteiger partial charge in [-0.15, -0.1) is 0 Å². The van der Waals surface area contributed by atoms with Crippen molar-refractivity contribution in [1.29, 1.82) is 0 Å². The molecule has 1 atom stereocenters. The number of carboxylic acid groups (broad SMARTS) is 1. The summed E-state index contributed by atoms with van der Waals surface area (Å²) in [5, 5.41) is 9.06. The monoisotopic (exact) mass is 410 g/mol. The fourth-order valence-electron chi connectivity index (χ4n) is 3.77. The average molecular weight is 411 g/mol. The van der Waals surface area contributed by atoms with Crippen LogP contribution in [0, 0.1) is 5.92 Å². The fraction of sp³-hybridized carbons (Fsp3) is 0.458. The molecule has 160 valence electrons. The van der Waals surface area contributed by atoms with Gasteiger partial charge in [-0.05, 0) is 81.7 Å². The van der Waals surface area contributed by atoms with E-state index in [1.165, 1.54) is 0 Å². The van der Waals surface area contributed by atoms with Crippen LogP contribution < -0.4 is 0 Å². The van der Waals surface area contributed by atoms with E-state index >= 15 is 0 Å². The highest BCUT2D eigenvalue weighted by atomic mass is 16.6. The first-order chi connectivity index (χ1) is 14.2. The molecule has 1 aromatic carbocycles. The van der Waals surface area contributed by atoms with Crippen LogP contribution in [-0.2, 0) is 11.2 Å². The smallest absolute Gasteiger partial charge is 0.410 e. The molecule has 1 saturated heterocycles. The van der Waals surface area contributed by atoms with Gasteiger partial charge in [-0.1, -0.05) is 12.1 Å². The topological polar surface area (TPSA) is 79.7 Å². The van der Waals surface area contributed by atoms with Gasteiger partial charge in [0.2, 0.25) is 0 Å². The summed E-state index contributed by atoms with van der Waals surface area (Å²) in [6, 6.07) is 8.98. The van der Waals surface area contributed by atoms with Crippen molar-refractivity contribution in [3.8, 4) is 11.1 Å². The van der Waals surface area contributed by atoms with E-state index in [4.69, 9.17) is 9.84 Å². The molecule has 1 aliphatic heterocycles. The van der Waals surface area contributed by atoms with E-state index in [9.17, 15) is 9.59 Å². The van der Waals surface area contributed by atoms with Gasteiger partial charge in [-0.2, -0.15) is 0 Å². The zero-order valence-corrected chi connectivity index (χ0v) is 17.9.